The van der Waals surface area contributed by atoms with Gasteiger partial charge in [-0.25, -0.2) is 9.78 Å². The van der Waals surface area contributed by atoms with Crippen molar-refractivity contribution in [1.82, 2.24) is 4.98 Å². The number of carbonyl (C=O) groups excluding carboxylic acids is 2. The first-order chi connectivity index (χ1) is 11.8. The molecule has 0 fully saturated rings. The van der Waals surface area contributed by atoms with Crippen LogP contribution in [0.3, 0.4) is 0 Å². The summed E-state index contributed by atoms with van der Waals surface area (Å²) in [5.41, 5.74) is 1.37. The standard InChI is InChI=1S/C18H23N3O3S/c1-5-24-17(23)21-16-20-14(12-9-7-6-8-10-12)15(25-16)19-13(22)11-18(2,3)4/h6-10H,5,11H2,1-4H3,(H,19,22)(H,20,21,23). The average molecular weight is 361 g/mol. The van der Waals surface area contributed by atoms with Gasteiger partial charge in [0.2, 0.25) is 5.91 Å². The summed E-state index contributed by atoms with van der Waals surface area (Å²) in [4.78, 5) is 28.4. The van der Waals surface area contributed by atoms with Crippen molar-refractivity contribution in [3.8, 4) is 11.3 Å². The van der Waals surface area contributed by atoms with Gasteiger partial charge >= 0.3 is 6.09 Å². The molecule has 0 aliphatic carbocycles. The van der Waals surface area contributed by atoms with E-state index in [4.69, 9.17) is 4.74 Å². The maximum Gasteiger partial charge on any atom is 0.413 e. The monoisotopic (exact) mass is 361 g/mol. The van der Waals surface area contributed by atoms with Gasteiger partial charge < -0.3 is 10.1 Å². The quantitative estimate of drug-likeness (QED) is 0.805. The van der Waals surface area contributed by atoms with Crippen molar-refractivity contribution in [1.29, 1.82) is 0 Å². The van der Waals surface area contributed by atoms with Gasteiger partial charge in [-0.3, -0.25) is 10.1 Å². The SMILES string of the molecule is CCOC(=O)Nc1nc(-c2ccccc2)c(NC(=O)CC(C)(C)C)s1. The van der Waals surface area contributed by atoms with Gasteiger partial charge in [-0.15, -0.1) is 0 Å². The van der Waals surface area contributed by atoms with Crippen LogP contribution in [0.4, 0.5) is 14.9 Å². The zero-order valence-electron chi connectivity index (χ0n) is 14.9. The molecule has 2 aromatic rings. The third kappa shape index (κ3) is 5.86. The van der Waals surface area contributed by atoms with Gasteiger partial charge in [0.25, 0.3) is 0 Å². The molecule has 2 amide bonds. The second-order valence-corrected chi connectivity index (χ2v) is 7.69. The minimum Gasteiger partial charge on any atom is -0.450 e. The summed E-state index contributed by atoms with van der Waals surface area (Å²) in [5.74, 6) is -0.0870. The normalized spacial score (nSPS) is 11.0. The van der Waals surface area contributed by atoms with E-state index in [1.54, 1.807) is 6.92 Å². The molecule has 0 unspecified atom stereocenters. The maximum absolute atomic E-state index is 12.3. The first-order valence-corrected chi connectivity index (χ1v) is 8.90. The number of hydrogen-bond acceptors (Lipinski definition) is 5. The Morgan fingerprint density at radius 1 is 1.16 bits per heavy atom. The lowest BCUT2D eigenvalue weighted by Gasteiger charge is -2.17. The van der Waals surface area contributed by atoms with Gasteiger partial charge in [-0.2, -0.15) is 0 Å². The van der Waals surface area contributed by atoms with Crippen LogP contribution in [0.1, 0.15) is 34.1 Å². The summed E-state index contributed by atoms with van der Waals surface area (Å²) in [7, 11) is 0. The van der Waals surface area contributed by atoms with E-state index in [1.165, 1.54) is 11.3 Å². The van der Waals surface area contributed by atoms with Crippen LogP contribution in [0.25, 0.3) is 11.3 Å². The number of nitrogens with zero attached hydrogens (tertiary/aromatic N) is 1. The van der Waals surface area contributed by atoms with Gasteiger partial charge in [0, 0.05) is 12.0 Å². The molecule has 0 radical (unpaired) electrons. The predicted molar refractivity (Wildman–Crippen MR) is 101 cm³/mol. The van der Waals surface area contributed by atoms with Crippen molar-refractivity contribution >= 4 is 33.5 Å². The van der Waals surface area contributed by atoms with Crippen molar-refractivity contribution in [3.63, 3.8) is 0 Å². The largest absolute Gasteiger partial charge is 0.450 e. The second-order valence-electron chi connectivity index (χ2n) is 6.69. The van der Waals surface area contributed by atoms with Crippen molar-refractivity contribution in [2.45, 2.75) is 34.1 Å². The van der Waals surface area contributed by atoms with E-state index < -0.39 is 6.09 Å². The van der Waals surface area contributed by atoms with Gasteiger partial charge in [0.15, 0.2) is 5.13 Å². The molecule has 1 aromatic carbocycles. The van der Waals surface area contributed by atoms with Gasteiger partial charge in [-0.1, -0.05) is 62.4 Å². The summed E-state index contributed by atoms with van der Waals surface area (Å²) >= 11 is 1.21. The Morgan fingerprint density at radius 3 is 2.44 bits per heavy atom. The molecule has 0 atom stereocenters. The number of nitrogens with one attached hydrogen (secondary N) is 2. The van der Waals surface area contributed by atoms with Crippen molar-refractivity contribution in [2.24, 2.45) is 5.41 Å². The minimum absolute atomic E-state index is 0.0870. The topological polar surface area (TPSA) is 80.3 Å². The molecule has 0 aliphatic heterocycles. The number of benzene rings is 1. The van der Waals surface area contributed by atoms with E-state index in [9.17, 15) is 9.59 Å². The van der Waals surface area contributed by atoms with E-state index >= 15 is 0 Å². The molecule has 0 spiro atoms. The molecule has 0 saturated heterocycles. The minimum atomic E-state index is -0.566. The fourth-order valence-corrected chi connectivity index (χ4v) is 3.05. The smallest absolute Gasteiger partial charge is 0.413 e. The van der Waals surface area contributed by atoms with Gasteiger partial charge in [0.1, 0.15) is 10.7 Å². The molecule has 6 nitrogen and oxygen atoms in total. The molecule has 2 rings (SSSR count). The fourth-order valence-electron chi connectivity index (χ4n) is 2.16. The Bertz CT molecular complexity index is 736. The number of amides is 2. The number of anilines is 2. The number of aromatic nitrogens is 1. The van der Waals surface area contributed by atoms with Crippen LogP contribution in [0.2, 0.25) is 0 Å². The zero-order chi connectivity index (χ0) is 18.4. The lowest BCUT2D eigenvalue weighted by molar-refractivity contribution is -0.117. The number of ether oxygens (including phenoxy) is 1. The number of hydrogen-bond donors (Lipinski definition) is 2. The Hall–Kier alpha value is -2.41. The summed E-state index contributed by atoms with van der Waals surface area (Å²) in [6.07, 6.45) is -0.178. The second kappa shape index (κ2) is 8.11. The number of thiazole rings is 1. The van der Waals surface area contributed by atoms with Crippen LogP contribution < -0.4 is 10.6 Å². The van der Waals surface area contributed by atoms with Crippen LogP contribution in [-0.4, -0.2) is 23.6 Å². The van der Waals surface area contributed by atoms with Crippen LogP contribution in [0.5, 0.6) is 0 Å². The van der Waals surface area contributed by atoms with Gasteiger partial charge in [-0.05, 0) is 12.3 Å². The Balaban J connectivity index is 2.27. The molecule has 7 heteroatoms. The van der Waals surface area contributed by atoms with E-state index in [2.05, 4.69) is 15.6 Å². The molecule has 1 aromatic heterocycles. The average Bonchev–Trinajstić information content (AvgIpc) is 2.88. The highest BCUT2D eigenvalue weighted by Crippen LogP contribution is 2.36. The lowest BCUT2D eigenvalue weighted by Crippen LogP contribution is -2.19. The summed E-state index contributed by atoms with van der Waals surface area (Å²) in [6.45, 7) is 8.02. The van der Waals surface area contributed by atoms with Crippen molar-refractivity contribution < 1.29 is 14.3 Å². The third-order valence-corrected chi connectivity index (χ3v) is 3.99. The summed E-state index contributed by atoms with van der Waals surface area (Å²) in [5, 5.41) is 6.49. The molecular weight excluding hydrogens is 338 g/mol. The van der Waals surface area contributed by atoms with E-state index in [0.717, 1.165) is 5.56 Å². The van der Waals surface area contributed by atoms with Crippen LogP contribution >= 0.6 is 11.3 Å². The number of carbonyl (C=O) groups is 2. The zero-order valence-corrected chi connectivity index (χ0v) is 15.7. The van der Waals surface area contributed by atoms with Gasteiger partial charge in [0.05, 0.1) is 6.61 Å². The third-order valence-electron chi connectivity index (χ3n) is 3.10. The molecule has 134 valence electrons. The lowest BCUT2D eigenvalue weighted by atomic mass is 9.92. The van der Waals surface area contributed by atoms with Crippen LogP contribution in [0, 0.1) is 5.41 Å². The molecule has 0 saturated carbocycles. The summed E-state index contributed by atoms with van der Waals surface area (Å²) < 4.78 is 4.88. The highest BCUT2D eigenvalue weighted by molar-refractivity contribution is 7.20. The highest BCUT2D eigenvalue weighted by atomic mass is 32.1. The molecular formula is C18H23N3O3S. The Kier molecular flexibility index (Phi) is 6.14. The Morgan fingerprint density at radius 2 is 1.84 bits per heavy atom. The van der Waals surface area contributed by atoms with Crippen LogP contribution in [-0.2, 0) is 9.53 Å². The van der Waals surface area contributed by atoms with E-state index in [0.29, 0.717) is 22.2 Å². The first kappa shape index (κ1) is 18.9. The molecule has 0 bridgehead atoms. The first-order valence-electron chi connectivity index (χ1n) is 8.08. The molecule has 1 heterocycles. The fraction of sp³-hybridized carbons (Fsp3) is 0.389. The van der Waals surface area contributed by atoms with E-state index in [-0.39, 0.29) is 17.9 Å². The highest BCUT2D eigenvalue weighted by Gasteiger charge is 2.20. The van der Waals surface area contributed by atoms with Crippen molar-refractivity contribution in [2.75, 3.05) is 17.2 Å². The van der Waals surface area contributed by atoms with E-state index in [1.807, 2.05) is 51.1 Å². The predicted octanol–water partition coefficient (Wildman–Crippen LogP) is 4.75. The molecule has 25 heavy (non-hydrogen) atoms. The van der Waals surface area contributed by atoms with Crippen LogP contribution in [0.15, 0.2) is 30.3 Å². The Labute approximate surface area is 151 Å². The number of rotatable bonds is 5. The van der Waals surface area contributed by atoms with Crippen molar-refractivity contribution in [3.05, 3.63) is 30.3 Å². The molecule has 2 N–H and O–H groups in total. The maximum atomic E-state index is 12.3. The summed E-state index contributed by atoms with van der Waals surface area (Å²) in [6, 6.07) is 9.51. The molecule has 0 aliphatic rings.